The fraction of sp³-hybridized carbons (Fsp3) is 0.581. The average molecular weight is 636 g/mol. The zero-order valence-corrected chi connectivity index (χ0v) is 27.5. The highest BCUT2D eigenvalue weighted by Crippen LogP contribution is 2.62. The zero-order chi connectivity index (χ0) is 30.2. The fourth-order valence-corrected chi connectivity index (χ4v) is 8.93. The Bertz CT molecular complexity index is 1400. The van der Waals surface area contributed by atoms with E-state index in [-0.39, 0.29) is 11.4 Å². The van der Waals surface area contributed by atoms with E-state index in [0.717, 1.165) is 48.6 Å². The molecule has 6 rings (SSSR count). The van der Waals surface area contributed by atoms with E-state index in [2.05, 4.69) is 58.1 Å². The second kappa shape index (κ2) is 12.6. The van der Waals surface area contributed by atoms with Crippen LogP contribution >= 0.6 is 23.2 Å². The van der Waals surface area contributed by atoms with Gasteiger partial charge >= 0.3 is 0 Å². The van der Waals surface area contributed by atoms with Gasteiger partial charge in [0.05, 0.1) is 4.90 Å². The summed E-state index contributed by atoms with van der Waals surface area (Å²) in [6.07, 6.45) is 3.19. The van der Waals surface area contributed by atoms with Crippen LogP contribution in [0.25, 0.3) is 0 Å². The lowest BCUT2D eigenvalue weighted by molar-refractivity contribution is -0.150. The number of nitrogens with one attached hydrogen (secondary N) is 3. The van der Waals surface area contributed by atoms with Crippen LogP contribution < -0.4 is 15.5 Å². The standard InChI is InChI=1S/C31H44Cl2N6O2S/c1-20-19-38(14-15-39(20)29-17-23-16-27(21(29)2)31(23,3)4)37-30(34-5)36-25-8-10-26(11-9-25)42(40,41)35-13-12-22-6-7-24(32)18-28(22)33/h6-11,18,20-21,23,27,29,35H,12-17,19H2,1-5H3,(H2,34,36,37). The minimum Gasteiger partial charge on any atom is -0.325 e. The van der Waals surface area contributed by atoms with Crippen LogP contribution in [0, 0.1) is 23.2 Å². The molecular weight excluding hydrogens is 591 g/mol. The highest BCUT2D eigenvalue weighted by molar-refractivity contribution is 7.89. The van der Waals surface area contributed by atoms with Crippen molar-refractivity contribution in [1.82, 2.24) is 20.1 Å². The molecule has 1 saturated heterocycles. The number of aliphatic imine (C=N–C) groups is 1. The van der Waals surface area contributed by atoms with Crippen LogP contribution in [0.4, 0.5) is 5.69 Å². The Morgan fingerprint density at radius 1 is 1.07 bits per heavy atom. The maximum absolute atomic E-state index is 12.8. The molecule has 0 radical (unpaired) electrons. The molecule has 0 spiro atoms. The number of rotatable bonds is 8. The second-order valence-electron chi connectivity index (χ2n) is 12.8. The maximum atomic E-state index is 12.8. The molecule has 3 N–H and O–H groups in total. The first-order valence-electron chi connectivity index (χ1n) is 14.9. The van der Waals surface area contributed by atoms with Crippen LogP contribution in [-0.4, -0.2) is 69.6 Å². The molecule has 1 heterocycles. The van der Waals surface area contributed by atoms with Gasteiger partial charge in [0.15, 0.2) is 0 Å². The number of guanidine groups is 1. The first-order valence-corrected chi connectivity index (χ1v) is 17.2. The number of nitrogens with zero attached hydrogens (tertiary/aromatic N) is 3. The zero-order valence-electron chi connectivity index (χ0n) is 25.2. The Hall–Kier alpha value is -1.88. The van der Waals surface area contributed by atoms with Crippen molar-refractivity contribution < 1.29 is 8.42 Å². The van der Waals surface area contributed by atoms with E-state index in [1.165, 1.54) is 12.8 Å². The van der Waals surface area contributed by atoms with Crippen molar-refractivity contribution in [3.05, 3.63) is 58.1 Å². The number of hydrazine groups is 1. The molecule has 5 unspecified atom stereocenters. The summed E-state index contributed by atoms with van der Waals surface area (Å²) in [5, 5.41) is 6.59. The maximum Gasteiger partial charge on any atom is 0.240 e. The van der Waals surface area contributed by atoms with E-state index in [4.69, 9.17) is 23.2 Å². The molecule has 0 amide bonds. The summed E-state index contributed by atoms with van der Waals surface area (Å²) in [4.78, 5) is 7.33. The molecule has 42 heavy (non-hydrogen) atoms. The summed E-state index contributed by atoms with van der Waals surface area (Å²) in [6.45, 7) is 12.8. The van der Waals surface area contributed by atoms with Crippen LogP contribution in [0.2, 0.25) is 10.0 Å². The Balaban J connectivity index is 1.11. The van der Waals surface area contributed by atoms with Gasteiger partial charge in [-0.1, -0.05) is 50.0 Å². The highest BCUT2D eigenvalue weighted by atomic mass is 35.5. The molecule has 11 heteroatoms. The highest BCUT2D eigenvalue weighted by Gasteiger charge is 2.57. The largest absolute Gasteiger partial charge is 0.325 e. The van der Waals surface area contributed by atoms with Gasteiger partial charge in [0.25, 0.3) is 0 Å². The molecule has 0 aromatic heterocycles. The van der Waals surface area contributed by atoms with Crippen molar-refractivity contribution in [3.8, 4) is 0 Å². The van der Waals surface area contributed by atoms with Gasteiger partial charge in [-0.3, -0.25) is 15.3 Å². The van der Waals surface area contributed by atoms with E-state index < -0.39 is 10.0 Å². The molecule has 3 aliphatic carbocycles. The molecule has 8 nitrogen and oxygen atoms in total. The van der Waals surface area contributed by atoms with E-state index in [9.17, 15) is 8.42 Å². The molecule has 3 saturated carbocycles. The Morgan fingerprint density at radius 2 is 1.81 bits per heavy atom. The minimum atomic E-state index is -3.66. The summed E-state index contributed by atoms with van der Waals surface area (Å²) in [5.41, 5.74) is 5.53. The number of benzene rings is 2. The Labute approximate surface area is 261 Å². The van der Waals surface area contributed by atoms with Crippen LogP contribution in [0.15, 0.2) is 52.4 Å². The van der Waals surface area contributed by atoms with E-state index in [1.807, 2.05) is 0 Å². The van der Waals surface area contributed by atoms with Gasteiger partial charge in [-0.05, 0) is 91.3 Å². The van der Waals surface area contributed by atoms with Gasteiger partial charge in [-0.25, -0.2) is 18.1 Å². The van der Waals surface area contributed by atoms with Crippen LogP contribution in [0.3, 0.4) is 0 Å². The van der Waals surface area contributed by atoms with Gasteiger partial charge in [0.2, 0.25) is 16.0 Å². The van der Waals surface area contributed by atoms with Crippen LogP contribution in [0.1, 0.15) is 46.1 Å². The monoisotopic (exact) mass is 634 g/mol. The number of hydrogen-bond donors (Lipinski definition) is 3. The summed E-state index contributed by atoms with van der Waals surface area (Å²) >= 11 is 12.1. The van der Waals surface area contributed by atoms with Gasteiger partial charge < -0.3 is 5.32 Å². The fourth-order valence-electron chi connectivity index (χ4n) is 7.39. The molecule has 2 bridgehead atoms. The topological polar surface area (TPSA) is 89.1 Å². The predicted octanol–water partition coefficient (Wildman–Crippen LogP) is 5.49. The van der Waals surface area contributed by atoms with E-state index >= 15 is 0 Å². The number of halogens is 2. The molecule has 1 aliphatic heterocycles. The Morgan fingerprint density at radius 3 is 2.43 bits per heavy atom. The minimum absolute atomic E-state index is 0.195. The number of piperazine rings is 1. The third-order valence-electron chi connectivity index (χ3n) is 10.0. The summed E-state index contributed by atoms with van der Waals surface area (Å²) < 4.78 is 28.3. The lowest BCUT2D eigenvalue weighted by Crippen LogP contribution is -2.66. The van der Waals surface area contributed by atoms with Crippen molar-refractivity contribution in [2.45, 2.75) is 63.9 Å². The van der Waals surface area contributed by atoms with E-state index in [0.29, 0.717) is 39.9 Å². The molecular formula is C31H44Cl2N6O2S. The molecule has 2 aromatic carbocycles. The number of sulfonamides is 1. The number of fused-ring (bicyclic) bond motifs is 2. The third kappa shape index (κ3) is 6.61. The quantitative estimate of drug-likeness (QED) is 0.263. The van der Waals surface area contributed by atoms with Crippen LogP contribution in [0.5, 0.6) is 0 Å². The first-order chi connectivity index (χ1) is 19.9. The molecule has 4 aliphatic rings. The lowest BCUT2D eigenvalue weighted by Gasteiger charge is -2.64. The van der Waals surface area contributed by atoms with Crippen LogP contribution in [-0.2, 0) is 16.4 Å². The normalized spacial score (nSPS) is 28.3. The van der Waals surface area contributed by atoms with Gasteiger partial charge in [0, 0.05) is 61.0 Å². The second-order valence-corrected chi connectivity index (χ2v) is 15.4. The molecule has 230 valence electrons. The third-order valence-corrected chi connectivity index (χ3v) is 12.1. The van der Waals surface area contributed by atoms with E-state index in [1.54, 1.807) is 49.5 Å². The predicted molar refractivity (Wildman–Crippen MR) is 173 cm³/mol. The molecule has 4 fully saturated rings. The summed E-state index contributed by atoms with van der Waals surface area (Å²) in [5.74, 6) is 3.07. The average Bonchev–Trinajstić information content (AvgIpc) is 2.94. The van der Waals surface area contributed by atoms with Crippen molar-refractivity contribution in [2.75, 3.05) is 38.5 Å². The molecule has 5 atom stereocenters. The lowest BCUT2D eigenvalue weighted by atomic mass is 9.44. The van der Waals surface area contributed by atoms with Crippen molar-refractivity contribution in [2.24, 2.45) is 28.2 Å². The number of anilines is 1. The van der Waals surface area contributed by atoms with Crippen molar-refractivity contribution in [1.29, 1.82) is 0 Å². The SMILES string of the molecule is CN=C(Nc1ccc(S(=O)(=O)NCCc2ccc(Cl)cc2Cl)cc1)NN1CCN(C2CC3CC(C2C)C3(C)C)C(C)C1. The van der Waals surface area contributed by atoms with Gasteiger partial charge in [-0.2, -0.15) is 0 Å². The first kappa shape index (κ1) is 31.5. The number of hydrogen-bond acceptors (Lipinski definition) is 5. The Kier molecular flexibility index (Phi) is 9.48. The van der Waals surface area contributed by atoms with Gasteiger partial charge in [-0.15, -0.1) is 0 Å². The smallest absolute Gasteiger partial charge is 0.240 e. The van der Waals surface area contributed by atoms with Crippen molar-refractivity contribution in [3.63, 3.8) is 0 Å². The summed E-state index contributed by atoms with van der Waals surface area (Å²) in [7, 11) is -1.92. The van der Waals surface area contributed by atoms with Crippen molar-refractivity contribution >= 4 is 44.9 Å². The van der Waals surface area contributed by atoms with Gasteiger partial charge in [0.1, 0.15) is 0 Å². The molecule has 2 aromatic rings. The summed E-state index contributed by atoms with van der Waals surface area (Å²) in [6, 6.07) is 13.0.